The second-order valence-corrected chi connectivity index (χ2v) is 5.73. The van der Waals surface area contributed by atoms with Crippen LogP contribution in [0.4, 0.5) is 5.82 Å². The molecule has 0 spiro atoms. The maximum absolute atomic E-state index is 4.53. The van der Waals surface area contributed by atoms with Gasteiger partial charge in [-0.15, -0.1) is 0 Å². The molecular formula is C12H17BrN2. The van der Waals surface area contributed by atoms with Crippen molar-refractivity contribution in [1.82, 2.24) is 4.98 Å². The first-order chi connectivity index (χ1) is 7.08. The topological polar surface area (TPSA) is 16.1 Å². The third kappa shape index (κ3) is 2.17. The zero-order chi connectivity index (χ0) is 11.0. The second-order valence-electron chi connectivity index (χ2n) is 4.55. The van der Waals surface area contributed by atoms with E-state index in [0.29, 0.717) is 10.7 Å². The molecule has 2 heterocycles. The van der Waals surface area contributed by atoms with Crippen molar-refractivity contribution in [3.63, 3.8) is 0 Å². The lowest BCUT2D eigenvalue weighted by Gasteiger charge is -2.19. The van der Waals surface area contributed by atoms with Crippen LogP contribution in [0.3, 0.4) is 0 Å². The fourth-order valence-corrected chi connectivity index (χ4v) is 2.66. The number of pyridine rings is 1. The first-order valence-corrected chi connectivity index (χ1v) is 6.31. The molecular weight excluding hydrogens is 252 g/mol. The minimum Gasteiger partial charge on any atom is -0.355 e. The van der Waals surface area contributed by atoms with Gasteiger partial charge in [-0.2, -0.15) is 0 Å². The van der Waals surface area contributed by atoms with Gasteiger partial charge >= 0.3 is 0 Å². The predicted molar refractivity (Wildman–Crippen MR) is 67.8 cm³/mol. The third-order valence-electron chi connectivity index (χ3n) is 3.01. The molecule has 0 N–H and O–H groups in total. The molecule has 1 saturated heterocycles. The minimum atomic E-state index is 0.597. The Morgan fingerprint density at radius 2 is 2.13 bits per heavy atom. The van der Waals surface area contributed by atoms with E-state index in [-0.39, 0.29) is 0 Å². The lowest BCUT2D eigenvalue weighted by Crippen LogP contribution is -2.22. The van der Waals surface area contributed by atoms with Crippen molar-refractivity contribution >= 4 is 21.7 Å². The van der Waals surface area contributed by atoms with Gasteiger partial charge in [-0.25, -0.2) is 4.98 Å². The van der Waals surface area contributed by atoms with Crippen LogP contribution in [0.1, 0.15) is 18.1 Å². The van der Waals surface area contributed by atoms with Gasteiger partial charge in [0.15, 0.2) is 0 Å². The molecule has 3 heteroatoms. The molecule has 0 aromatic carbocycles. The summed E-state index contributed by atoms with van der Waals surface area (Å²) in [6.45, 7) is 8.68. The number of aromatic nitrogens is 1. The van der Waals surface area contributed by atoms with Crippen LogP contribution in [0.5, 0.6) is 0 Å². The van der Waals surface area contributed by atoms with E-state index in [1.54, 1.807) is 0 Å². The molecule has 0 radical (unpaired) electrons. The van der Waals surface area contributed by atoms with Gasteiger partial charge < -0.3 is 4.90 Å². The first-order valence-electron chi connectivity index (χ1n) is 5.40. The van der Waals surface area contributed by atoms with Gasteiger partial charge in [0.05, 0.1) is 0 Å². The Hall–Kier alpha value is -0.570. The average molecular weight is 269 g/mol. The van der Waals surface area contributed by atoms with E-state index in [9.17, 15) is 0 Å². The molecule has 1 aliphatic rings. The highest BCUT2D eigenvalue weighted by atomic mass is 79.9. The van der Waals surface area contributed by atoms with Gasteiger partial charge in [-0.3, -0.25) is 0 Å². The molecule has 0 bridgehead atoms. The van der Waals surface area contributed by atoms with E-state index in [1.165, 1.54) is 11.1 Å². The standard InChI is InChI=1S/C12H17BrN2/c1-8-4-9(2)12(14-5-8)15-6-10(3)11(13)7-15/h4-5,10-11H,6-7H2,1-3H3. The summed E-state index contributed by atoms with van der Waals surface area (Å²) < 4.78 is 0. The summed E-state index contributed by atoms with van der Waals surface area (Å²) in [7, 11) is 0. The van der Waals surface area contributed by atoms with E-state index in [4.69, 9.17) is 0 Å². The van der Waals surface area contributed by atoms with Crippen molar-refractivity contribution in [3.05, 3.63) is 23.4 Å². The SMILES string of the molecule is Cc1cnc(N2CC(C)C(Br)C2)c(C)c1. The maximum atomic E-state index is 4.53. The number of hydrogen-bond donors (Lipinski definition) is 0. The van der Waals surface area contributed by atoms with Crippen LogP contribution in [0.15, 0.2) is 12.3 Å². The van der Waals surface area contributed by atoms with E-state index in [1.807, 2.05) is 6.20 Å². The van der Waals surface area contributed by atoms with Gasteiger partial charge in [0.2, 0.25) is 0 Å². The zero-order valence-corrected chi connectivity index (χ0v) is 11.1. The van der Waals surface area contributed by atoms with Crippen molar-refractivity contribution in [2.24, 2.45) is 5.92 Å². The molecule has 1 aliphatic heterocycles. The number of rotatable bonds is 1. The van der Waals surface area contributed by atoms with Crippen molar-refractivity contribution in [2.75, 3.05) is 18.0 Å². The first kappa shape index (κ1) is 10.9. The molecule has 0 aliphatic carbocycles. The van der Waals surface area contributed by atoms with E-state index in [2.05, 4.69) is 52.7 Å². The van der Waals surface area contributed by atoms with Gasteiger partial charge in [0, 0.05) is 24.1 Å². The highest BCUT2D eigenvalue weighted by Gasteiger charge is 2.28. The van der Waals surface area contributed by atoms with Crippen molar-refractivity contribution in [2.45, 2.75) is 25.6 Å². The molecule has 0 saturated carbocycles. The summed E-state index contributed by atoms with van der Waals surface area (Å²) in [5.74, 6) is 1.85. The fraction of sp³-hybridized carbons (Fsp3) is 0.583. The van der Waals surface area contributed by atoms with E-state index >= 15 is 0 Å². The van der Waals surface area contributed by atoms with Gasteiger partial charge in [-0.1, -0.05) is 28.9 Å². The molecule has 1 aromatic rings. The molecule has 15 heavy (non-hydrogen) atoms. The second kappa shape index (κ2) is 4.12. The molecule has 1 fully saturated rings. The zero-order valence-electron chi connectivity index (χ0n) is 9.50. The fourth-order valence-electron chi connectivity index (χ4n) is 2.14. The van der Waals surface area contributed by atoms with Gasteiger partial charge in [0.25, 0.3) is 0 Å². The summed E-state index contributed by atoms with van der Waals surface area (Å²) >= 11 is 3.71. The smallest absolute Gasteiger partial charge is 0.131 e. The van der Waals surface area contributed by atoms with Crippen LogP contribution < -0.4 is 4.90 Å². The highest BCUT2D eigenvalue weighted by molar-refractivity contribution is 9.09. The Kier molecular flexibility index (Phi) is 3.01. The molecule has 1 aromatic heterocycles. The van der Waals surface area contributed by atoms with Crippen LogP contribution in [-0.2, 0) is 0 Å². The average Bonchev–Trinajstić information content (AvgIpc) is 2.46. The molecule has 82 valence electrons. The Balaban J connectivity index is 2.24. The summed E-state index contributed by atoms with van der Waals surface area (Å²) in [5, 5.41) is 0. The summed E-state index contributed by atoms with van der Waals surface area (Å²) in [6, 6.07) is 2.20. The Morgan fingerprint density at radius 3 is 2.67 bits per heavy atom. The highest BCUT2D eigenvalue weighted by Crippen LogP contribution is 2.28. The maximum Gasteiger partial charge on any atom is 0.131 e. The van der Waals surface area contributed by atoms with Crippen molar-refractivity contribution in [3.8, 4) is 0 Å². The van der Waals surface area contributed by atoms with Crippen LogP contribution in [0.2, 0.25) is 0 Å². The molecule has 2 unspecified atom stereocenters. The summed E-state index contributed by atoms with van der Waals surface area (Å²) in [4.78, 5) is 7.50. The number of aryl methyl sites for hydroxylation is 2. The van der Waals surface area contributed by atoms with Crippen LogP contribution >= 0.6 is 15.9 Å². The Morgan fingerprint density at radius 1 is 1.40 bits per heavy atom. The van der Waals surface area contributed by atoms with Crippen LogP contribution in [0, 0.1) is 19.8 Å². The third-order valence-corrected chi connectivity index (χ3v) is 4.20. The minimum absolute atomic E-state index is 0.597. The quantitative estimate of drug-likeness (QED) is 0.729. The van der Waals surface area contributed by atoms with E-state index < -0.39 is 0 Å². The number of nitrogens with zero attached hydrogens (tertiary/aromatic N) is 2. The number of hydrogen-bond acceptors (Lipinski definition) is 2. The number of alkyl halides is 1. The molecule has 2 nitrogen and oxygen atoms in total. The predicted octanol–water partition coefficient (Wildman–Crippen LogP) is 2.92. The van der Waals surface area contributed by atoms with Gasteiger partial charge in [-0.05, 0) is 30.9 Å². The van der Waals surface area contributed by atoms with Crippen molar-refractivity contribution < 1.29 is 0 Å². The van der Waals surface area contributed by atoms with Gasteiger partial charge in [0.1, 0.15) is 5.82 Å². The number of halogens is 1. The Labute approximate surface area is 99.8 Å². The van der Waals surface area contributed by atoms with Crippen LogP contribution in [0.25, 0.3) is 0 Å². The summed E-state index contributed by atoms with van der Waals surface area (Å²) in [5.41, 5.74) is 2.52. The van der Waals surface area contributed by atoms with Crippen LogP contribution in [-0.4, -0.2) is 22.9 Å². The van der Waals surface area contributed by atoms with E-state index in [0.717, 1.165) is 18.9 Å². The normalized spacial score (nSPS) is 26.0. The summed E-state index contributed by atoms with van der Waals surface area (Å²) in [6.07, 6.45) is 1.95. The molecule has 2 rings (SSSR count). The largest absolute Gasteiger partial charge is 0.355 e. The number of anilines is 1. The monoisotopic (exact) mass is 268 g/mol. The molecule has 0 amide bonds. The van der Waals surface area contributed by atoms with Crippen molar-refractivity contribution in [1.29, 1.82) is 0 Å². The molecule has 2 atom stereocenters. The Bertz CT molecular complexity index is 355. The lowest BCUT2D eigenvalue weighted by molar-refractivity contribution is 0.679. The lowest BCUT2D eigenvalue weighted by atomic mass is 10.2.